The van der Waals surface area contributed by atoms with E-state index >= 15 is 0 Å². The van der Waals surface area contributed by atoms with Crippen molar-refractivity contribution in [3.8, 4) is 0 Å². The summed E-state index contributed by atoms with van der Waals surface area (Å²) < 4.78 is 37.4. The molecule has 7 heterocycles. The van der Waals surface area contributed by atoms with Crippen molar-refractivity contribution < 1.29 is 57.5 Å². The summed E-state index contributed by atoms with van der Waals surface area (Å²) in [5.41, 5.74) is -2.35. The molecule has 5 unspecified atom stereocenters. The van der Waals surface area contributed by atoms with Gasteiger partial charge in [-0.3, -0.25) is 19.2 Å². The van der Waals surface area contributed by atoms with Crippen molar-refractivity contribution in [3.63, 3.8) is 0 Å². The second kappa shape index (κ2) is 16.6. The van der Waals surface area contributed by atoms with Crippen LogP contribution in [0.15, 0.2) is 36.1 Å². The molecule has 7 aliphatic heterocycles. The number of ketones is 2. The standard InChI is InChI=1S/C40H57NO12/c1-8-12-33(45)41-18-11-9-10-13-30-29(44)19-23(2)28(43)22-27-20-25(4)40(51-27)17-16-38(6)32(53-40)15-14-31(52-38)35-36(50-35)37(48-26(5)42)39(7,47)24(3)21-34(46)49-30/h9-11,18,21,23,25,27,30-32,35-37,47H,8,12-17,19-20,22H2,1-7H3,(H,41,45)/b10-9+,18-11-,24-21+/t23-,25-,27+,30?,31?,32+,35?,36-,37+,38?,39+,40?/m0/s1. The molecule has 0 radical (unpaired) electrons. The van der Waals surface area contributed by atoms with Crippen LogP contribution in [0.3, 0.4) is 0 Å². The largest absolute Gasteiger partial charge is 0.456 e. The molecule has 2 N–H and O–H groups in total. The number of Topliss-reactive ketones (excluding diaryl/α,β-unsaturated/α-hetero) is 2. The number of fused-ring (bicyclic) bond motifs is 2. The number of ether oxygens (including phenoxy) is 6. The van der Waals surface area contributed by atoms with Crippen molar-refractivity contribution in [2.75, 3.05) is 0 Å². The lowest BCUT2D eigenvalue weighted by molar-refractivity contribution is -0.344. The summed E-state index contributed by atoms with van der Waals surface area (Å²) in [4.78, 5) is 64.5. The van der Waals surface area contributed by atoms with E-state index in [1.165, 1.54) is 27.0 Å². The molecule has 1 spiro atoms. The average Bonchev–Trinajstić information content (AvgIpc) is 3.82. The highest BCUT2D eigenvalue weighted by Crippen LogP contribution is 2.53. The lowest BCUT2D eigenvalue weighted by atomic mass is 9.78. The minimum absolute atomic E-state index is 0.000260. The third kappa shape index (κ3) is 9.54. The van der Waals surface area contributed by atoms with Crippen LogP contribution in [-0.2, 0) is 52.4 Å². The predicted octanol–water partition coefficient (Wildman–Crippen LogP) is 4.48. The molecule has 1 amide bonds. The van der Waals surface area contributed by atoms with Crippen molar-refractivity contribution >= 4 is 29.4 Å². The van der Waals surface area contributed by atoms with Crippen LogP contribution in [0, 0.1) is 11.8 Å². The topological polar surface area (TPSA) is 176 Å². The molecule has 294 valence electrons. The van der Waals surface area contributed by atoms with Gasteiger partial charge in [0.15, 0.2) is 23.8 Å². The van der Waals surface area contributed by atoms with E-state index in [0.29, 0.717) is 44.9 Å². The Bertz CT molecular complexity index is 1500. The van der Waals surface area contributed by atoms with Gasteiger partial charge in [0.25, 0.3) is 0 Å². The Morgan fingerprint density at radius 2 is 1.77 bits per heavy atom. The second-order valence-electron chi connectivity index (χ2n) is 15.9. The molecule has 0 aromatic heterocycles. The smallest absolute Gasteiger partial charge is 0.331 e. The van der Waals surface area contributed by atoms with E-state index in [1.54, 1.807) is 25.2 Å². The summed E-state index contributed by atoms with van der Waals surface area (Å²) in [7, 11) is 0. The van der Waals surface area contributed by atoms with Gasteiger partial charge in [-0.15, -0.1) is 0 Å². The van der Waals surface area contributed by atoms with Gasteiger partial charge in [0, 0.05) is 63.1 Å². The van der Waals surface area contributed by atoms with Crippen molar-refractivity contribution in [3.05, 3.63) is 36.1 Å². The van der Waals surface area contributed by atoms with Gasteiger partial charge in [0.1, 0.15) is 23.6 Å². The number of esters is 2. The van der Waals surface area contributed by atoms with Crippen LogP contribution < -0.4 is 5.32 Å². The maximum atomic E-state index is 13.6. The molecule has 7 aliphatic rings. The van der Waals surface area contributed by atoms with Crippen molar-refractivity contribution in [1.29, 1.82) is 0 Å². The predicted molar refractivity (Wildman–Crippen MR) is 191 cm³/mol. The summed E-state index contributed by atoms with van der Waals surface area (Å²) in [5, 5.41) is 14.5. The third-order valence-electron chi connectivity index (χ3n) is 11.6. The Kier molecular flexibility index (Phi) is 12.9. The molecule has 12 atom stereocenters. The van der Waals surface area contributed by atoms with E-state index in [4.69, 9.17) is 28.4 Å². The van der Waals surface area contributed by atoms with Crippen molar-refractivity contribution in [2.24, 2.45) is 11.8 Å². The molecule has 53 heavy (non-hydrogen) atoms. The number of nitrogens with one attached hydrogen (secondary N) is 1. The van der Waals surface area contributed by atoms with E-state index in [1.807, 2.05) is 13.8 Å². The normalized spacial score (nSPS) is 42.0. The zero-order valence-electron chi connectivity index (χ0n) is 32.1. The summed E-state index contributed by atoms with van der Waals surface area (Å²) >= 11 is 0. The van der Waals surface area contributed by atoms with Gasteiger partial charge in [0.2, 0.25) is 5.91 Å². The van der Waals surface area contributed by atoms with E-state index in [-0.39, 0.29) is 60.8 Å². The first-order chi connectivity index (χ1) is 25.0. The lowest BCUT2D eigenvalue weighted by Gasteiger charge is -2.53. The number of carbonyl (C=O) groups excluding carboxylic acids is 5. The zero-order chi connectivity index (χ0) is 38.7. The molecule has 7 rings (SSSR count). The van der Waals surface area contributed by atoms with Gasteiger partial charge >= 0.3 is 11.9 Å². The Labute approximate surface area is 312 Å². The molecule has 0 aromatic carbocycles. The van der Waals surface area contributed by atoms with Gasteiger partial charge in [-0.1, -0.05) is 32.9 Å². The average molecular weight is 744 g/mol. The van der Waals surface area contributed by atoms with Crippen LogP contribution in [0.1, 0.15) is 113 Å². The number of rotatable bonds is 7. The summed E-state index contributed by atoms with van der Waals surface area (Å²) in [6.45, 7) is 11.9. The number of aliphatic hydroxyl groups is 1. The second-order valence-corrected chi connectivity index (χ2v) is 15.9. The van der Waals surface area contributed by atoms with Crippen molar-refractivity contribution in [2.45, 2.75) is 172 Å². The molecule has 0 saturated carbocycles. The minimum Gasteiger partial charge on any atom is -0.456 e. The molecule has 13 heteroatoms. The van der Waals surface area contributed by atoms with Gasteiger partial charge in [-0.05, 0) is 64.5 Å². The van der Waals surface area contributed by atoms with Gasteiger partial charge < -0.3 is 38.8 Å². The SMILES string of the molecule is CCCC(=O)N/C=C\C=C\CC1OC(=O)/C=C(\C)[C@@](C)(O)[C@H](OC(C)=O)[C@H]2OC2C2CC[C@H]3OC4(CCC3(C)O2)O[C@@H](CC(=O)[C@@H](C)CC1=O)C[C@@H]4C. The maximum absolute atomic E-state index is 13.6. The quantitative estimate of drug-likeness (QED) is 0.213. The van der Waals surface area contributed by atoms with Crippen LogP contribution >= 0.6 is 0 Å². The Morgan fingerprint density at radius 1 is 1.02 bits per heavy atom. The molecule has 0 aliphatic carbocycles. The number of allylic oxidation sites excluding steroid dienone is 2. The fourth-order valence-electron chi connectivity index (χ4n) is 8.13. The zero-order valence-corrected chi connectivity index (χ0v) is 32.1. The van der Waals surface area contributed by atoms with Gasteiger partial charge in [-0.2, -0.15) is 0 Å². The fraction of sp³-hybridized carbons (Fsp3) is 0.725. The number of hydrogen-bond acceptors (Lipinski definition) is 12. The Balaban J connectivity index is 1.41. The number of carbonyl (C=O) groups is 5. The summed E-state index contributed by atoms with van der Waals surface area (Å²) in [6.07, 6.45) is 7.07. The van der Waals surface area contributed by atoms with E-state index in [2.05, 4.69) is 12.2 Å². The maximum Gasteiger partial charge on any atom is 0.331 e. The highest BCUT2D eigenvalue weighted by atomic mass is 16.7. The number of epoxide rings is 1. The Hall–Kier alpha value is -3.23. The van der Waals surface area contributed by atoms with E-state index < -0.39 is 65.0 Å². The van der Waals surface area contributed by atoms with Crippen LogP contribution in [0.4, 0.5) is 0 Å². The molecule has 5 bridgehead atoms. The number of hydrogen-bond donors (Lipinski definition) is 2. The Morgan fingerprint density at radius 3 is 2.49 bits per heavy atom. The first-order valence-corrected chi connectivity index (χ1v) is 19.1. The number of amides is 1. The summed E-state index contributed by atoms with van der Waals surface area (Å²) in [6, 6.07) is 0. The first kappa shape index (κ1) is 40.9. The van der Waals surface area contributed by atoms with E-state index in [0.717, 1.165) is 6.08 Å². The lowest BCUT2D eigenvalue weighted by Crippen LogP contribution is -2.60. The van der Waals surface area contributed by atoms with Gasteiger partial charge in [-0.25, -0.2) is 4.79 Å². The molecule has 13 nitrogen and oxygen atoms in total. The monoisotopic (exact) mass is 743 g/mol. The van der Waals surface area contributed by atoms with Crippen LogP contribution in [0.25, 0.3) is 0 Å². The first-order valence-electron chi connectivity index (χ1n) is 19.1. The minimum atomic E-state index is -1.86. The highest BCUT2D eigenvalue weighted by Gasteiger charge is 2.62. The van der Waals surface area contributed by atoms with E-state index in [9.17, 15) is 29.1 Å². The van der Waals surface area contributed by atoms with Crippen molar-refractivity contribution in [1.82, 2.24) is 5.32 Å². The molecule has 0 aromatic rings. The van der Waals surface area contributed by atoms with Crippen LogP contribution in [0.2, 0.25) is 0 Å². The molecular formula is C40H57NO12. The molecular weight excluding hydrogens is 686 g/mol. The van der Waals surface area contributed by atoms with Crippen LogP contribution in [-0.4, -0.2) is 94.2 Å². The summed E-state index contributed by atoms with van der Waals surface area (Å²) in [5.74, 6) is -3.70. The fourth-order valence-corrected chi connectivity index (χ4v) is 8.13. The highest BCUT2D eigenvalue weighted by molar-refractivity contribution is 5.92. The van der Waals surface area contributed by atoms with Crippen LogP contribution in [0.5, 0.6) is 0 Å². The third-order valence-corrected chi connectivity index (χ3v) is 11.6. The van der Waals surface area contributed by atoms with Gasteiger partial charge in [0.05, 0.1) is 23.9 Å². The molecule has 4 fully saturated rings. The molecule has 4 saturated heterocycles.